The Bertz CT molecular complexity index is 272. The number of alkyl halides is 3. The lowest BCUT2D eigenvalue weighted by Gasteiger charge is -2.36. The predicted octanol–water partition coefficient (Wildman–Crippen LogP) is 2.62. The quantitative estimate of drug-likeness (QED) is 0.775. The van der Waals surface area contributed by atoms with Gasteiger partial charge in [0.05, 0.1) is 13.2 Å². The van der Waals surface area contributed by atoms with E-state index >= 15 is 0 Å². The summed E-state index contributed by atoms with van der Waals surface area (Å²) in [5.41, 5.74) is 0.293. The smallest absolute Gasteiger partial charge is 0.384 e. The molecule has 1 aliphatic carbocycles. The second kappa shape index (κ2) is 7.61. The first-order valence-electron chi connectivity index (χ1n) is 7.43. The van der Waals surface area contributed by atoms with Gasteiger partial charge in [-0.25, -0.2) is 0 Å². The van der Waals surface area contributed by atoms with Gasteiger partial charge in [-0.15, -0.1) is 0 Å². The first kappa shape index (κ1) is 17.7. The van der Waals surface area contributed by atoms with Crippen molar-refractivity contribution in [1.82, 2.24) is 9.80 Å². The molecule has 0 spiro atoms. The van der Waals surface area contributed by atoms with E-state index in [0.29, 0.717) is 18.5 Å². The van der Waals surface area contributed by atoms with Crippen molar-refractivity contribution in [3.05, 3.63) is 0 Å². The first-order valence-corrected chi connectivity index (χ1v) is 7.43. The van der Waals surface area contributed by atoms with Gasteiger partial charge in [-0.3, -0.25) is 4.90 Å². The zero-order valence-corrected chi connectivity index (χ0v) is 12.8. The molecule has 6 heteroatoms. The highest BCUT2D eigenvalue weighted by Gasteiger charge is 2.44. The number of hydrogen-bond acceptors (Lipinski definition) is 3. The molecule has 2 fully saturated rings. The maximum atomic E-state index is 12.2. The van der Waals surface area contributed by atoms with Crippen LogP contribution in [0.1, 0.15) is 26.7 Å². The summed E-state index contributed by atoms with van der Waals surface area (Å²) in [7, 11) is 1.71. The third kappa shape index (κ3) is 5.97. The van der Waals surface area contributed by atoms with Crippen molar-refractivity contribution >= 4 is 0 Å². The molecular weight excluding hydrogens is 269 g/mol. The average Bonchev–Trinajstić information content (AvgIpc) is 3.13. The van der Waals surface area contributed by atoms with Gasteiger partial charge in [0.2, 0.25) is 0 Å². The highest BCUT2D eigenvalue weighted by molar-refractivity contribution is 4.96. The molecular formula is C14H27F3N2O. The van der Waals surface area contributed by atoms with E-state index in [9.17, 15) is 13.2 Å². The van der Waals surface area contributed by atoms with Gasteiger partial charge in [-0.2, -0.15) is 13.2 Å². The predicted molar refractivity (Wildman–Crippen MR) is 73.8 cm³/mol. The van der Waals surface area contributed by atoms with Gasteiger partial charge >= 0.3 is 6.18 Å². The van der Waals surface area contributed by atoms with Gasteiger partial charge in [0.1, 0.15) is 0 Å². The van der Waals surface area contributed by atoms with Crippen molar-refractivity contribution in [2.24, 2.45) is 5.41 Å². The summed E-state index contributed by atoms with van der Waals surface area (Å²) in [6.45, 7) is 7.48. The van der Waals surface area contributed by atoms with Crippen LogP contribution in [-0.2, 0) is 4.74 Å². The van der Waals surface area contributed by atoms with E-state index < -0.39 is 12.7 Å². The summed E-state index contributed by atoms with van der Waals surface area (Å²) in [5, 5.41) is 0. The molecule has 2 rings (SSSR count). The zero-order chi connectivity index (χ0) is 15.2. The number of rotatable bonds is 5. The minimum atomic E-state index is -4.07. The second-order valence-electron chi connectivity index (χ2n) is 5.60. The molecule has 1 aliphatic heterocycles. The topological polar surface area (TPSA) is 15.7 Å². The van der Waals surface area contributed by atoms with Gasteiger partial charge in [0, 0.05) is 45.2 Å². The van der Waals surface area contributed by atoms with Crippen LogP contribution in [-0.4, -0.2) is 69.0 Å². The lowest BCUT2D eigenvalue weighted by Crippen LogP contribution is -2.50. The van der Waals surface area contributed by atoms with Crippen LogP contribution in [0.3, 0.4) is 0 Å². The molecule has 0 unspecified atom stereocenters. The summed E-state index contributed by atoms with van der Waals surface area (Å²) in [4.78, 5) is 3.77. The maximum Gasteiger partial charge on any atom is 0.401 e. The third-order valence-electron chi connectivity index (χ3n) is 3.83. The van der Waals surface area contributed by atoms with Crippen molar-refractivity contribution in [2.45, 2.75) is 32.9 Å². The molecule has 2 aliphatic rings. The van der Waals surface area contributed by atoms with Crippen molar-refractivity contribution in [3.8, 4) is 0 Å². The van der Waals surface area contributed by atoms with E-state index in [4.69, 9.17) is 4.74 Å². The first-order chi connectivity index (χ1) is 9.42. The molecule has 1 saturated heterocycles. The Hall–Kier alpha value is -0.330. The Morgan fingerprint density at radius 2 is 1.50 bits per heavy atom. The van der Waals surface area contributed by atoms with Crippen LogP contribution in [0.2, 0.25) is 0 Å². The van der Waals surface area contributed by atoms with Crippen LogP contribution in [0.15, 0.2) is 0 Å². The zero-order valence-electron chi connectivity index (χ0n) is 12.8. The molecule has 0 aromatic rings. The van der Waals surface area contributed by atoms with Crippen LogP contribution in [0.25, 0.3) is 0 Å². The fraction of sp³-hybridized carbons (Fsp3) is 1.00. The van der Waals surface area contributed by atoms with E-state index in [1.54, 1.807) is 7.11 Å². The Labute approximate surface area is 120 Å². The lowest BCUT2D eigenvalue weighted by atomic mass is 10.1. The fourth-order valence-electron chi connectivity index (χ4n) is 2.66. The number of piperazine rings is 1. The summed E-state index contributed by atoms with van der Waals surface area (Å²) < 4.78 is 42.0. The number of halogens is 3. The van der Waals surface area contributed by atoms with Gasteiger partial charge in [-0.1, -0.05) is 13.8 Å². The molecule has 0 amide bonds. The molecule has 0 radical (unpaired) electrons. The number of hydrogen-bond donors (Lipinski definition) is 0. The molecule has 0 atom stereocenters. The summed E-state index contributed by atoms with van der Waals surface area (Å²) >= 11 is 0. The highest BCUT2D eigenvalue weighted by atomic mass is 19.4. The van der Waals surface area contributed by atoms with Crippen molar-refractivity contribution in [3.63, 3.8) is 0 Å². The number of methoxy groups -OCH3 is 1. The van der Waals surface area contributed by atoms with Gasteiger partial charge in [-0.05, 0) is 12.8 Å². The molecule has 20 heavy (non-hydrogen) atoms. The van der Waals surface area contributed by atoms with Gasteiger partial charge < -0.3 is 9.64 Å². The lowest BCUT2D eigenvalue weighted by molar-refractivity contribution is -0.149. The van der Waals surface area contributed by atoms with Gasteiger partial charge in [0.15, 0.2) is 0 Å². The summed E-state index contributed by atoms with van der Waals surface area (Å²) in [6.07, 6.45) is -1.71. The Morgan fingerprint density at radius 3 is 1.90 bits per heavy atom. The summed E-state index contributed by atoms with van der Waals surface area (Å²) in [6, 6.07) is 0. The molecule has 0 bridgehead atoms. The van der Waals surface area contributed by atoms with Crippen molar-refractivity contribution < 1.29 is 17.9 Å². The van der Waals surface area contributed by atoms with E-state index in [-0.39, 0.29) is 0 Å². The minimum Gasteiger partial charge on any atom is -0.384 e. The molecule has 0 aromatic carbocycles. The minimum absolute atomic E-state index is 0.293. The van der Waals surface area contributed by atoms with E-state index in [1.165, 1.54) is 17.7 Å². The molecule has 120 valence electrons. The highest BCUT2D eigenvalue weighted by Crippen LogP contribution is 2.46. The normalized spacial score (nSPS) is 23.1. The van der Waals surface area contributed by atoms with Crippen LogP contribution >= 0.6 is 0 Å². The van der Waals surface area contributed by atoms with Crippen LogP contribution < -0.4 is 0 Å². The number of nitrogens with zero attached hydrogens (tertiary/aromatic N) is 2. The average molecular weight is 296 g/mol. The standard InChI is InChI=1S/C12H21F3N2O.C2H6/c1-18-10-11(2-3-11)8-16-4-6-17(7-5-16)9-12(13,14)15;1-2/h2-10H2,1H3;1-2H3. The molecule has 1 saturated carbocycles. The summed E-state index contributed by atoms with van der Waals surface area (Å²) in [5.74, 6) is 0. The Morgan fingerprint density at radius 1 is 1.00 bits per heavy atom. The molecule has 3 nitrogen and oxygen atoms in total. The molecule has 0 aromatic heterocycles. The van der Waals surface area contributed by atoms with E-state index in [1.807, 2.05) is 13.8 Å². The third-order valence-corrected chi connectivity index (χ3v) is 3.83. The molecule has 1 heterocycles. The van der Waals surface area contributed by atoms with Crippen molar-refractivity contribution in [2.75, 3.05) is 53.0 Å². The van der Waals surface area contributed by atoms with Crippen LogP contribution in [0.5, 0.6) is 0 Å². The largest absolute Gasteiger partial charge is 0.401 e. The second-order valence-corrected chi connectivity index (χ2v) is 5.60. The Kier molecular flexibility index (Phi) is 6.75. The van der Waals surface area contributed by atoms with Crippen molar-refractivity contribution in [1.29, 1.82) is 0 Å². The monoisotopic (exact) mass is 296 g/mol. The van der Waals surface area contributed by atoms with Crippen LogP contribution in [0.4, 0.5) is 13.2 Å². The SMILES string of the molecule is CC.COCC1(CN2CCN(CC(F)(F)F)CC2)CC1. The number of ether oxygens (including phenoxy) is 1. The van der Waals surface area contributed by atoms with Gasteiger partial charge in [0.25, 0.3) is 0 Å². The Balaban J connectivity index is 0.000000956. The van der Waals surface area contributed by atoms with E-state index in [0.717, 1.165) is 26.2 Å². The van der Waals surface area contributed by atoms with E-state index in [2.05, 4.69) is 4.90 Å². The maximum absolute atomic E-state index is 12.2. The molecule has 0 N–H and O–H groups in total. The fourth-order valence-corrected chi connectivity index (χ4v) is 2.66. The van der Waals surface area contributed by atoms with Crippen LogP contribution in [0, 0.1) is 5.41 Å².